The van der Waals surface area contributed by atoms with Crippen LogP contribution in [0.25, 0.3) is 0 Å². The van der Waals surface area contributed by atoms with Crippen molar-refractivity contribution in [3.63, 3.8) is 0 Å². The highest BCUT2D eigenvalue weighted by Crippen LogP contribution is 1.38. The zero-order chi connectivity index (χ0) is 2.71. The number of halogens is 1. The van der Waals surface area contributed by atoms with Crippen LogP contribution in [0.5, 0.6) is 0 Å². The second-order valence-corrected chi connectivity index (χ2v) is 0.567. The van der Waals surface area contributed by atoms with Crippen LogP contribution < -0.4 is 4.84 Å². The molecule has 3 N–H and O–H groups in total. The molecular weight excluding hydrogens is 77.5 g/mol. The molecule has 0 amide bonds. The molecule has 0 radical (unpaired) electrons. The lowest BCUT2D eigenvalue weighted by Gasteiger charge is -1.54. The number of rotatable bonds is 0. The van der Waals surface area contributed by atoms with Crippen LogP contribution in [-0.2, 0) is 0 Å². The molecule has 0 saturated heterocycles. The lowest BCUT2D eigenvalue weighted by atomic mass is 11.6. The van der Waals surface area contributed by atoms with E-state index < -0.39 is 0 Å². The number of hydrogen-bond donors (Lipinski definition) is 1. The molecule has 0 aromatic rings. The van der Waals surface area contributed by atoms with Crippen LogP contribution in [0.15, 0.2) is 0 Å². The molecule has 0 atom stereocenters. The lowest BCUT2D eigenvalue weighted by Crippen LogP contribution is -1.76. The van der Waals surface area contributed by atoms with Crippen LogP contribution in [0.1, 0.15) is 0 Å². The molecule has 0 fully saturated rings. The predicted molar refractivity (Wildman–Crippen MR) is 18.5 cm³/mol. The quantitative estimate of drug-likeness (QED) is 0.396. The Kier molecular flexibility index (Phi) is 23.8. The van der Waals surface area contributed by atoms with Gasteiger partial charge in [0.2, 0.25) is 0 Å². The van der Waals surface area contributed by atoms with E-state index in [0.29, 0.717) is 0 Å². The van der Waals surface area contributed by atoms with E-state index in [1.807, 2.05) is 0 Å². The molecule has 0 spiro atoms. The van der Waals surface area contributed by atoms with E-state index in [-0.39, 0.29) is 5.48 Å². The fourth-order valence-corrected chi connectivity index (χ4v) is 0. The normalized spacial score (nSPS) is 4.50. The van der Waals surface area contributed by atoms with Gasteiger partial charge in [0.15, 0.2) is 0 Å². The molecule has 0 bridgehead atoms. The first-order valence-electron chi connectivity index (χ1n) is 0.689. The molecule has 0 saturated carbocycles. The Hall–Kier alpha value is 0.210. The SMILES string of the molecule is CNCl.O. The average molecular weight is 83.5 g/mol. The van der Waals surface area contributed by atoms with E-state index >= 15 is 0 Å². The lowest BCUT2D eigenvalue weighted by molar-refractivity contribution is 0.824. The zero-order valence-corrected chi connectivity index (χ0v) is 3.13. The van der Waals surface area contributed by atoms with Gasteiger partial charge in [-0.1, -0.05) is 0 Å². The van der Waals surface area contributed by atoms with Crippen LogP contribution in [0.2, 0.25) is 0 Å². The summed E-state index contributed by atoms with van der Waals surface area (Å²) in [4.78, 5) is 2.22. The van der Waals surface area contributed by atoms with Crippen molar-refractivity contribution in [2.24, 2.45) is 0 Å². The van der Waals surface area contributed by atoms with Crippen LogP contribution in [-0.4, -0.2) is 12.5 Å². The largest absolute Gasteiger partial charge is 0.412 e. The molecule has 0 aromatic heterocycles. The highest BCUT2D eigenvalue weighted by atomic mass is 35.5. The molecule has 0 aliphatic heterocycles. The zero-order valence-electron chi connectivity index (χ0n) is 2.38. The van der Waals surface area contributed by atoms with Crippen molar-refractivity contribution in [2.75, 3.05) is 7.05 Å². The van der Waals surface area contributed by atoms with Crippen LogP contribution in [0, 0.1) is 0 Å². The highest BCUT2D eigenvalue weighted by molar-refractivity contribution is 6.13. The van der Waals surface area contributed by atoms with E-state index in [1.54, 1.807) is 7.05 Å². The Balaban J connectivity index is 0. The van der Waals surface area contributed by atoms with Gasteiger partial charge in [-0.15, -0.1) is 0 Å². The minimum Gasteiger partial charge on any atom is -0.412 e. The summed E-state index contributed by atoms with van der Waals surface area (Å²) in [6.07, 6.45) is 0. The van der Waals surface area contributed by atoms with Crippen molar-refractivity contribution in [1.29, 1.82) is 0 Å². The maximum Gasteiger partial charge on any atom is -0.000695 e. The Morgan fingerprint density at radius 1 is 1.75 bits per heavy atom. The van der Waals surface area contributed by atoms with Gasteiger partial charge in [-0.2, -0.15) is 0 Å². The minimum atomic E-state index is 0. The monoisotopic (exact) mass is 83.0 g/mol. The predicted octanol–water partition coefficient (Wildman–Crippen LogP) is -0.465. The van der Waals surface area contributed by atoms with Crippen LogP contribution in [0.3, 0.4) is 0 Å². The molecule has 3 heteroatoms. The summed E-state index contributed by atoms with van der Waals surface area (Å²) in [5, 5.41) is 0. The van der Waals surface area contributed by atoms with Gasteiger partial charge in [-0.3, -0.25) is 0 Å². The van der Waals surface area contributed by atoms with E-state index in [9.17, 15) is 0 Å². The van der Waals surface area contributed by atoms with Gasteiger partial charge in [0, 0.05) is 0 Å². The smallest absolute Gasteiger partial charge is 0.000695 e. The topological polar surface area (TPSA) is 43.5 Å². The third-order valence-electron chi connectivity index (χ3n) is 0. The van der Waals surface area contributed by atoms with Crippen molar-refractivity contribution in [2.45, 2.75) is 0 Å². The fourth-order valence-electron chi connectivity index (χ4n) is 0. The Morgan fingerprint density at radius 2 is 1.75 bits per heavy atom. The van der Waals surface area contributed by atoms with Crippen molar-refractivity contribution >= 4 is 11.8 Å². The third-order valence-corrected chi connectivity index (χ3v) is 0. The molecule has 0 aromatic carbocycles. The molecule has 28 valence electrons. The third kappa shape index (κ3) is 73.4. The second-order valence-electron chi connectivity index (χ2n) is 0.189. The van der Waals surface area contributed by atoms with E-state index in [2.05, 4.69) is 4.84 Å². The van der Waals surface area contributed by atoms with Crippen LogP contribution >= 0.6 is 11.8 Å². The summed E-state index contributed by atoms with van der Waals surface area (Å²) in [7, 11) is 1.64. The van der Waals surface area contributed by atoms with Crippen molar-refractivity contribution in [1.82, 2.24) is 4.84 Å². The van der Waals surface area contributed by atoms with E-state index in [0.717, 1.165) is 0 Å². The molecule has 0 aliphatic rings. The Bertz CT molecular complexity index is 8.00. The first kappa shape index (κ1) is 8.88. The standard InChI is InChI=1S/CH4ClN.H2O/c1-3-2;/h3H,1H3;1H2. The van der Waals surface area contributed by atoms with E-state index in [4.69, 9.17) is 11.8 Å². The molecule has 0 aliphatic carbocycles. The van der Waals surface area contributed by atoms with Crippen molar-refractivity contribution in [3.8, 4) is 0 Å². The Labute approximate surface area is 30.2 Å². The highest BCUT2D eigenvalue weighted by Gasteiger charge is 1.29. The average Bonchev–Trinajstić information content (AvgIpc) is 0.918. The van der Waals surface area contributed by atoms with Gasteiger partial charge in [-0.05, 0) is 18.8 Å². The second kappa shape index (κ2) is 10.7. The fraction of sp³-hybridized carbons (Fsp3) is 1.00. The summed E-state index contributed by atoms with van der Waals surface area (Å²) in [6.45, 7) is 0. The summed E-state index contributed by atoms with van der Waals surface area (Å²) in [5.74, 6) is 0. The van der Waals surface area contributed by atoms with Crippen molar-refractivity contribution in [3.05, 3.63) is 0 Å². The maximum atomic E-state index is 4.75. The van der Waals surface area contributed by atoms with Gasteiger partial charge in [0.05, 0.1) is 0 Å². The Morgan fingerprint density at radius 3 is 1.75 bits per heavy atom. The van der Waals surface area contributed by atoms with Crippen LogP contribution in [0.4, 0.5) is 0 Å². The molecule has 0 rings (SSSR count). The van der Waals surface area contributed by atoms with Gasteiger partial charge in [0.1, 0.15) is 0 Å². The minimum absolute atomic E-state index is 0. The molecule has 0 unspecified atom stereocenters. The summed E-state index contributed by atoms with van der Waals surface area (Å²) in [5.41, 5.74) is 0. The first-order chi connectivity index (χ1) is 1.41. The van der Waals surface area contributed by atoms with Gasteiger partial charge in [0.25, 0.3) is 0 Å². The number of hydrogen-bond acceptors (Lipinski definition) is 1. The first-order valence-corrected chi connectivity index (χ1v) is 1.07. The van der Waals surface area contributed by atoms with E-state index in [1.165, 1.54) is 0 Å². The summed E-state index contributed by atoms with van der Waals surface area (Å²) >= 11 is 4.75. The molecule has 0 heterocycles. The summed E-state index contributed by atoms with van der Waals surface area (Å²) < 4.78 is 0. The summed E-state index contributed by atoms with van der Waals surface area (Å²) in [6, 6.07) is 0. The maximum absolute atomic E-state index is 4.75. The van der Waals surface area contributed by atoms with Crippen molar-refractivity contribution < 1.29 is 5.48 Å². The number of nitrogens with one attached hydrogen (secondary N) is 1. The van der Waals surface area contributed by atoms with Gasteiger partial charge in [-0.25, -0.2) is 4.84 Å². The molecular formula is CH6ClNO. The molecule has 4 heavy (non-hydrogen) atoms. The molecule has 2 nitrogen and oxygen atoms in total. The van der Waals surface area contributed by atoms with Gasteiger partial charge < -0.3 is 5.48 Å². The van der Waals surface area contributed by atoms with Gasteiger partial charge >= 0.3 is 0 Å².